The lowest BCUT2D eigenvalue weighted by atomic mass is 9.83. The zero-order valence-corrected chi connectivity index (χ0v) is 27.5. The molecule has 0 aliphatic rings. The lowest BCUT2D eigenvalue weighted by Crippen LogP contribution is -1.93. The molecular formula is C50H32. The van der Waals surface area contributed by atoms with E-state index in [4.69, 9.17) is 0 Å². The van der Waals surface area contributed by atoms with Crippen LogP contribution in [0.5, 0.6) is 0 Å². The van der Waals surface area contributed by atoms with Crippen molar-refractivity contribution < 1.29 is 0 Å². The summed E-state index contributed by atoms with van der Waals surface area (Å²) in [6, 6.07) is 71.5. The second-order valence-corrected chi connectivity index (χ2v) is 13.3. The van der Waals surface area contributed by atoms with Crippen LogP contribution in [0.3, 0.4) is 0 Å². The lowest BCUT2D eigenvalue weighted by Gasteiger charge is -2.20. The van der Waals surface area contributed by atoms with Crippen LogP contribution in [0.1, 0.15) is 0 Å². The van der Waals surface area contributed by atoms with Crippen LogP contribution in [0.25, 0.3) is 98.4 Å². The first-order valence-electron chi connectivity index (χ1n) is 17.3. The van der Waals surface area contributed by atoms with Crippen molar-refractivity contribution in [3.8, 4) is 44.5 Å². The van der Waals surface area contributed by atoms with Gasteiger partial charge in [-0.3, -0.25) is 0 Å². The van der Waals surface area contributed by atoms with Crippen molar-refractivity contribution in [3.63, 3.8) is 0 Å². The minimum absolute atomic E-state index is 1.22. The molecule has 0 atom stereocenters. The summed E-state index contributed by atoms with van der Waals surface area (Å²) in [7, 11) is 0. The van der Waals surface area contributed by atoms with E-state index in [1.807, 2.05) is 0 Å². The second-order valence-electron chi connectivity index (χ2n) is 13.3. The van der Waals surface area contributed by atoms with Crippen LogP contribution in [0.4, 0.5) is 0 Å². The van der Waals surface area contributed by atoms with E-state index in [9.17, 15) is 0 Å². The predicted molar refractivity (Wildman–Crippen MR) is 216 cm³/mol. The molecule has 0 aliphatic heterocycles. The van der Waals surface area contributed by atoms with Crippen molar-refractivity contribution in [2.24, 2.45) is 0 Å². The van der Waals surface area contributed by atoms with Crippen molar-refractivity contribution in [2.75, 3.05) is 0 Å². The van der Waals surface area contributed by atoms with Gasteiger partial charge in [0.2, 0.25) is 0 Å². The van der Waals surface area contributed by atoms with Crippen molar-refractivity contribution in [1.29, 1.82) is 0 Å². The first kappa shape index (κ1) is 28.5. The molecule has 0 fully saturated rings. The minimum Gasteiger partial charge on any atom is -0.0616 e. The maximum absolute atomic E-state index is 2.44. The average molecular weight is 633 g/mol. The highest BCUT2D eigenvalue weighted by Gasteiger charge is 2.19. The van der Waals surface area contributed by atoms with E-state index in [1.165, 1.54) is 98.4 Å². The third-order valence-electron chi connectivity index (χ3n) is 10.4. The van der Waals surface area contributed by atoms with E-state index in [2.05, 4.69) is 194 Å². The van der Waals surface area contributed by atoms with E-state index in [1.54, 1.807) is 0 Å². The Balaban J connectivity index is 1.30. The summed E-state index contributed by atoms with van der Waals surface area (Å²) in [5, 5.41) is 12.6. The number of hydrogen-bond acceptors (Lipinski definition) is 0. The van der Waals surface area contributed by atoms with E-state index >= 15 is 0 Å². The summed E-state index contributed by atoms with van der Waals surface area (Å²) in [5.41, 5.74) is 9.95. The molecule has 10 aromatic rings. The summed E-state index contributed by atoms with van der Waals surface area (Å²) in [6.45, 7) is 0. The summed E-state index contributed by atoms with van der Waals surface area (Å²) in [6.07, 6.45) is 0. The Labute approximate surface area is 291 Å². The first-order valence-corrected chi connectivity index (χ1v) is 17.3. The Hall–Kier alpha value is -6.50. The largest absolute Gasteiger partial charge is 0.0616 e. The normalized spacial score (nSPS) is 11.6. The standard InChI is InChI=1S/C50H32/c1-2-15-36-30-38(27-26-33(36)12-1)37-18-9-19-40(31-37)49-45-22-7-8-23-46(45)50(44-25-11-17-35-14-4-6-21-42(35)44)47-29-28-39(32-48(47)49)43-24-10-16-34-13-3-5-20-41(34)43/h1-32H. The monoisotopic (exact) mass is 632 g/mol. The quantitative estimate of drug-likeness (QED) is 0.169. The summed E-state index contributed by atoms with van der Waals surface area (Å²) >= 11 is 0. The number of rotatable bonds is 4. The zero-order valence-electron chi connectivity index (χ0n) is 27.5. The molecule has 0 unspecified atom stereocenters. The van der Waals surface area contributed by atoms with Gasteiger partial charge in [-0.25, -0.2) is 0 Å². The van der Waals surface area contributed by atoms with Crippen LogP contribution >= 0.6 is 0 Å². The van der Waals surface area contributed by atoms with Crippen LogP contribution < -0.4 is 0 Å². The average Bonchev–Trinajstić information content (AvgIpc) is 3.19. The van der Waals surface area contributed by atoms with Crippen molar-refractivity contribution >= 4 is 53.9 Å². The van der Waals surface area contributed by atoms with Gasteiger partial charge in [0, 0.05) is 0 Å². The van der Waals surface area contributed by atoms with Crippen LogP contribution in [-0.4, -0.2) is 0 Å². The van der Waals surface area contributed by atoms with E-state index in [0.29, 0.717) is 0 Å². The molecule has 0 nitrogen and oxygen atoms in total. The Kier molecular flexibility index (Phi) is 6.60. The Bertz CT molecular complexity index is 2920. The molecule has 0 radical (unpaired) electrons. The predicted octanol–water partition coefficient (Wildman–Crippen LogP) is 14.1. The van der Waals surface area contributed by atoms with Gasteiger partial charge in [-0.15, -0.1) is 0 Å². The Morgan fingerprint density at radius 3 is 1.46 bits per heavy atom. The van der Waals surface area contributed by atoms with Crippen LogP contribution in [0, 0.1) is 0 Å². The second kappa shape index (κ2) is 11.6. The van der Waals surface area contributed by atoms with E-state index < -0.39 is 0 Å². The molecule has 0 spiro atoms. The molecule has 0 saturated carbocycles. The number of hydrogen-bond donors (Lipinski definition) is 0. The molecule has 232 valence electrons. The van der Waals surface area contributed by atoms with Crippen molar-refractivity contribution in [2.45, 2.75) is 0 Å². The molecule has 0 N–H and O–H groups in total. The molecule has 50 heavy (non-hydrogen) atoms. The molecule has 0 aliphatic carbocycles. The maximum atomic E-state index is 2.44. The molecule has 10 rings (SSSR count). The summed E-state index contributed by atoms with van der Waals surface area (Å²) < 4.78 is 0. The fourth-order valence-corrected chi connectivity index (χ4v) is 8.09. The highest BCUT2D eigenvalue weighted by molar-refractivity contribution is 6.24. The van der Waals surface area contributed by atoms with Gasteiger partial charge in [0.05, 0.1) is 0 Å². The molecular weight excluding hydrogens is 601 g/mol. The van der Waals surface area contributed by atoms with Gasteiger partial charge in [-0.2, -0.15) is 0 Å². The fourth-order valence-electron chi connectivity index (χ4n) is 8.09. The molecule has 0 heterocycles. The van der Waals surface area contributed by atoms with Crippen LogP contribution in [0.15, 0.2) is 194 Å². The zero-order chi connectivity index (χ0) is 33.0. The van der Waals surface area contributed by atoms with Crippen molar-refractivity contribution in [3.05, 3.63) is 194 Å². The smallest absolute Gasteiger partial charge is 0.00201 e. The van der Waals surface area contributed by atoms with Crippen LogP contribution in [-0.2, 0) is 0 Å². The van der Waals surface area contributed by atoms with Gasteiger partial charge in [0.15, 0.2) is 0 Å². The molecule has 0 saturated heterocycles. The fraction of sp³-hybridized carbons (Fsp3) is 0. The summed E-state index contributed by atoms with van der Waals surface area (Å²) in [4.78, 5) is 0. The molecule has 0 heteroatoms. The van der Waals surface area contributed by atoms with Gasteiger partial charge in [-0.05, 0) is 117 Å². The SMILES string of the molecule is c1cc(-c2ccc3ccccc3c2)cc(-c2c3ccccc3c(-c3cccc4ccccc34)c3ccc(-c4cccc5ccccc45)cc23)c1. The molecule has 10 aromatic carbocycles. The highest BCUT2D eigenvalue weighted by Crippen LogP contribution is 2.47. The maximum Gasteiger partial charge on any atom is -0.00201 e. The number of benzene rings is 10. The van der Waals surface area contributed by atoms with Gasteiger partial charge in [0.25, 0.3) is 0 Å². The lowest BCUT2D eigenvalue weighted by molar-refractivity contribution is 1.62. The van der Waals surface area contributed by atoms with Crippen LogP contribution in [0.2, 0.25) is 0 Å². The minimum atomic E-state index is 1.22. The van der Waals surface area contributed by atoms with Gasteiger partial charge in [-0.1, -0.05) is 176 Å². The van der Waals surface area contributed by atoms with E-state index in [0.717, 1.165) is 0 Å². The molecule has 0 bridgehead atoms. The number of fused-ring (bicyclic) bond motifs is 5. The first-order chi connectivity index (χ1) is 24.8. The van der Waals surface area contributed by atoms with E-state index in [-0.39, 0.29) is 0 Å². The molecule has 0 amide bonds. The third kappa shape index (κ3) is 4.61. The Morgan fingerprint density at radius 2 is 0.700 bits per heavy atom. The highest BCUT2D eigenvalue weighted by atomic mass is 14.2. The van der Waals surface area contributed by atoms with Gasteiger partial charge < -0.3 is 0 Å². The van der Waals surface area contributed by atoms with Crippen molar-refractivity contribution in [1.82, 2.24) is 0 Å². The summed E-state index contributed by atoms with van der Waals surface area (Å²) in [5.74, 6) is 0. The third-order valence-corrected chi connectivity index (χ3v) is 10.4. The topological polar surface area (TPSA) is 0 Å². The Morgan fingerprint density at radius 1 is 0.200 bits per heavy atom. The van der Waals surface area contributed by atoms with Gasteiger partial charge in [0.1, 0.15) is 0 Å². The molecule has 0 aromatic heterocycles. The van der Waals surface area contributed by atoms with Gasteiger partial charge >= 0.3 is 0 Å².